The summed E-state index contributed by atoms with van der Waals surface area (Å²) in [6.45, 7) is 2.83. The first kappa shape index (κ1) is 19.0. The second-order valence-corrected chi connectivity index (χ2v) is 6.62. The van der Waals surface area contributed by atoms with Crippen LogP contribution in [0.25, 0.3) is 0 Å². The molecular weight excluding hydrogens is 343 g/mol. The Morgan fingerprint density at radius 1 is 1.29 bits per heavy atom. The number of urea groups is 1. The third-order valence-corrected chi connectivity index (χ3v) is 4.56. The predicted molar refractivity (Wildman–Crippen MR) is 86.1 cm³/mol. The molecule has 0 bridgehead atoms. The number of hydrogen-bond acceptors (Lipinski definition) is 4. The fourth-order valence-corrected chi connectivity index (χ4v) is 3.08. The van der Waals surface area contributed by atoms with Gasteiger partial charge >= 0.3 is 12.2 Å². The van der Waals surface area contributed by atoms with Gasteiger partial charge in [-0.3, -0.25) is 4.90 Å². The van der Waals surface area contributed by atoms with Gasteiger partial charge < -0.3 is 15.0 Å². The highest BCUT2D eigenvalue weighted by Crippen LogP contribution is 2.14. The van der Waals surface area contributed by atoms with Crippen molar-refractivity contribution in [2.75, 3.05) is 45.9 Å². The van der Waals surface area contributed by atoms with E-state index in [0.29, 0.717) is 32.6 Å². The molecule has 0 aromatic carbocycles. The van der Waals surface area contributed by atoms with Crippen molar-refractivity contribution in [1.29, 1.82) is 0 Å². The third-order valence-electron chi connectivity index (χ3n) is 3.68. The van der Waals surface area contributed by atoms with Gasteiger partial charge in [0.1, 0.15) is 6.61 Å². The minimum absolute atomic E-state index is 0.0726. The number of rotatable bonds is 7. The van der Waals surface area contributed by atoms with Crippen LogP contribution in [-0.4, -0.2) is 67.9 Å². The number of carbonyl (C=O) groups is 1. The Kier molecular flexibility index (Phi) is 7.32. The number of ether oxygens (including phenoxy) is 1. The second kappa shape index (κ2) is 9.24. The molecule has 0 saturated carbocycles. The van der Waals surface area contributed by atoms with E-state index in [-0.39, 0.29) is 12.6 Å². The lowest BCUT2D eigenvalue weighted by molar-refractivity contribution is -0.174. The highest BCUT2D eigenvalue weighted by molar-refractivity contribution is 7.09. The van der Waals surface area contributed by atoms with Crippen LogP contribution in [0.2, 0.25) is 0 Å². The Morgan fingerprint density at radius 2 is 2.04 bits per heavy atom. The molecule has 1 aromatic heterocycles. The van der Waals surface area contributed by atoms with Gasteiger partial charge in [0.25, 0.3) is 0 Å². The highest BCUT2D eigenvalue weighted by atomic mass is 32.1. The molecule has 0 spiro atoms. The summed E-state index contributed by atoms with van der Waals surface area (Å²) in [7, 11) is 0. The Morgan fingerprint density at radius 3 is 2.67 bits per heavy atom. The van der Waals surface area contributed by atoms with Crippen LogP contribution in [0.5, 0.6) is 0 Å². The quantitative estimate of drug-likeness (QED) is 0.756. The zero-order valence-corrected chi connectivity index (χ0v) is 14.2. The van der Waals surface area contributed by atoms with E-state index in [9.17, 15) is 18.0 Å². The zero-order valence-electron chi connectivity index (χ0n) is 13.3. The topological polar surface area (TPSA) is 44.8 Å². The van der Waals surface area contributed by atoms with Gasteiger partial charge in [0, 0.05) is 44.2 Å². The van der Waals surface area contributed by atoms with Crippen LogP contribution in [0, 0.1) is 0 Å². The molecule has 0 aliphatic carbocycles. The zero-order chi connectivity index (χ0) is 17.4. The van der Waals surface area contributed by atoms with Gasteiger partial charge in [-0.2, -0.15) is 13.2 Å². The van der Waals surface area contributed by atoms with Crippen LogP contribution in [0.1, 0.15) is 11.3 Å². The summed E-state index contributed by atoms with van der Waals surface area (Å²) < 4.78 is 40.4. The lowest BCUT2D eigenvalue weighted by atomic mass is 10.3. The summed E-state index contributed by atoms with van der Waals surface area (Å²) in [5, 5.41) is 4.87. The van der Waals surface area contributed by atoms with Crippen LogP contribution in [0.15, 0.2) is 17.5 Å². The number of thiophene rings is 1. The number of hydrogen-bond donors (Lipinski definition) is 1. The molecule has 2 amide bonds. The Hall–Kier alpha value is -1.32. The van der Waals surface area contributed by atoms with Crippen molar-refractivity contribution >= 4 is 17.4 Å². The largest absolute Gasteiger partial charge is 0.411 e. The summed E-state index contributed by atoms with van der Waals surface area (Å²) in [6, 6.07) is 3.85. The maximum Gasteiger partial charge on any atom is 0.411 e. The number of halogens is 3. The molecule has 24 heavy (non-hydrogen) atoms. The van der Waals surface area contributed by atoms with Gasteiger partial charge in [-0.05, 0) is 17.9 Å². The lowest BCUT2D eigenvalue weighted by Crippen LogP contribution is -2.51. The van der Waals surface area contributed by atoms with Gasteiger partial charge in [0.05, 0.1) is 6.54 Å². The van der Waals surface area contributed by atoms with E-state index in [0.717, 1.165) is 18.0 Å². The van der Waals surface area contributed by atoms with Gasteiger partial charge in [-0.15, -0.1) is 11.3 Å². The third kappa shape index (κ3) is 7.06. The van der Waals surface area contributed by atoms with Crippen molar-refractivity contribution in [3.63, 3.8) is 0 Å². The van der Waals surface area contributed by atoms with Crippen molar-refractivity contribution in [3.05, 3.63) is 22.4 Å². The molecule has 9 heteroatoms. The number of nitrogens with one attached hydrogen (secondary N) is 1. The number of alkyl halides is 3. The van der Waals surface area contributed by atoms with E-state index in [4.69, 9.17) is 0 Å². The SMILES string of the molecule is O=C(NCc1cccs1)N1CCN(CCCOCC(F)(F)F)CC1. The maximum atomic E-state index is 12.1. The Balaban J connectivity index is 1.55. The molecule has 1 aliphatic rings. The molecule has 2 heterocycles. The van der Waals surface area contributed by atoms with E-state index < -0.39 is 12.8 Å². The number of nitrogens with zero attached hydrogens (tertiary/aromatic N) is 2. The molecule has 0 unspecified atom stereocenters. The van der Waals surface area contributed by atoms with Gasteiger partial charge in [0.2, 0.25) is 0 Å². The van der Waals surface area contributed by atoms with Crippen LogP contribution in [-0.2, 0) is 11.3 Å². The minimum Gasteiger partial charge on any atom is -0.372 e. The summed E-state index contributed by atoms with van der Waals surface area (Å²) >= 11 is 1.60. The molecule has 1 aromatic rings. The van der Waals surface area contributed by atoms with Gasteiger partial charge in [0.15, 0.2) is 0 Å². The molecule has 2 rings (SSSR count). The van der Waals surface area contributed by atoms with Crippen LogP contribution < -0.4 is 5.32 Å². The molecule has 1 saturated heterocycles. The molecule has 0 atom stereocenters. The second-order valence-electron chi connectivity index (χ2n) is 5.59. The standard InChI is InChI=1S/C15H22F3N3O2S/c16-15(17,18)12-23-9-2-4-20-5-7-21(8-6-20)14(22)19-11-13-3-1-10-24-13/h1,3,10H,2,4-9,11-12H2,(H,19,22). The monoisotopic (exact) mass is 365 g/mol. The van der Waals surface area contributed by atoms with E-state index in [2.05, 4.69) is 15.0 Å². The number of amides is 2. The van der Waals surface area contributed by atoms with E-state index in [1.807, 2.05) is 17.5 Å². The fourth-order valence-electron chi connectivity index (χ4n) is 2.44. The fraction of sp³-hybridized carbons (Fsp3) is 0.667. The molecule has 1 N–H and O–H groups in total. The van der Waals surface area contributed by atoms with Crippen molar-refractivity contribution in [3.8, 4) is 0 Å². The van der Waals surface area contributed by atoms with Crippen molar-refractivity contribution < 1.29 is 22.7 Å². The lowest BCUT2D eigenvalue weighted by Gasteiger charge is -2.34. The predicted octanol–water partition coefficient (Wildman–Crippen LogP) is 2.54. The average molecular weight is 365 g/mol. The first-order valence-electron chi connectivity index (χ1n) is 7.86. The normalized spacial score (nSPS) is 16.4. The molecule has 0 radical (unpaired) electrons. The Labute approximate surface area is 143 Å². The first-order chi connectivity index (χ1) is 11.4. The molecule has 1 fully saturated rings. The van der Waals surface area contributed by atoms with Crippen LogP contribution in [0.4, 0.5) is 18.0 Å². The number of piperazine rings is 1. The number of carbonyl (C=O) groups excluding carboxylic acids is 1. The first-order valence-corrected chi connectivity index (χ1v) is 8.74. The maximum absolute atomic E-state index is 12.1. The smallest absolute Gasteiger partial charge is 0.372 e. The summed E-state index contributed by atoms with van der Waals surface area (Å²) in [5.74, 6) is 0. The van der Waals surface area contributed by atoms with Crippen LogP contribution >= 0.6 is 11.3 Å². The summed E-state index contributed by atoms with van der Waals surface area (Å²) in [4.78, 5) is 17.1. The van der Waals surface area contributed by atoms with Crippen molar-refractivity contribution in [2.45, 2.75) is 19.1 Å². The highest BCUT2D eigenvalue weighted by Gasteiger charge is 2.27. The van der Waals surface area contributed by atoms with E-state index in [1.54, 1.807) is 16.2 Å². The molecule has 1 aliphatic heterocycles. The van der Waals surface area contributed by atoms with E-state index in [1.165, 1.54) is 0 Å². The molecular formula is C15H22F3N3O2S. The summed E-state index contributed by atoms with van der Waals surface area (Å²) in [6.07, 6.45) is -3.71. The van der Waals surface area contributed by atoms with Crippen molar-refractivity contribution in [1.82, 2.24) is 15.1 Å². The Bertz CT molecular complexity index is 489. The minimum atomic E-state index is -4.26. The van der Waals surface area contributed by atoms with Crippen molar-refractivity contribution in [2.24, 2.45) is 0 Å². The van der Waals surface area contributed by atoms with Gasteiger partial charge in [-0.25, -0.2) is 4.79 Å². The molecule has 5 nitrogen and oxygen atoms in total. The van der Waals surface area contributed by atoms with Gasteiger partial charge in [-0.1, -0.05) is 6.07 Å². The average Bonchev–Trinajstić information content (AvgIpc) is 3.05. The molecule has 136 valence electrons. The van der Waals surface area contributed by atoms with E-state index >= 15 is 0 Å². The summed E-state index contributed by atoms with van der Waals surface area (Å²) in [5.41, 5.74) is 0. The van der Waals surface area contributed by atoms with Crippen LogP contribution in [0.3, 0.4) is 0 Å².